The van der Waals surface area contributed by atoms with E-state index < -0.39 is 104 Å². The number of carbonyl (C=O) groups excluding carboxylic acids is 6. The van der Waals surface area contributed by atoms with Crippen molar-refractivity contribution in [1.29, 1.82) is 0 Å². The Kier molecular flexibility index (Phi) is 15.3. The Labute approximate surface area is 293 Å². The van der Waals surface area contributed by atoms with Crippen molar-refractivity contribution in [3.8, 4) is 0 Å². The van der Waals surface area contributed by atoms with Crippen molar-refractivity contribution in [3.63, 3.8) is 0 Å². The van der Waals surface area contributed by atoms with Gasteiger partial charge < -0.3 is 62.2 Å². The van der Waals surface area contributed by atoms with Crippen molar-refractivity contribution in [1.82, 2.24) is 41.0 Å². The Bertz CT molecular complexity index is 1390. The van der Waals surface area contributed by atoms with Crippen LogP contribution in [0.15, 0.2) is 12.5 Å². The highest BCUT2D eigenvalue weighted by atomic mass is 16.4. The number of rotatable bonds is 18. The lowest BCUT2D eigenvalue weighted by Crippen LogP contribution is -2.60. The molecule has 20 heteroatoms. The number of aliphatic hydroxyl groups excluding tert-OH is 3. The maximum Gasteiger partial charge on any atom is 0.328 e. The molecule has 2 fully saturated rings. The molecular formula is C31H49N9O11. The third-order valence-corrected chi connectivity index (χ3v) is 8.74. The molecule has 0 unspecified atom stereocenters. The summed E-state index contributed by atoms with van der Waals surface area (Å²) < 4.78 is 0. The highest BCUT2D eigenvalue weighted by Crippen LogP contribution is 2.26. The molecule has 1 aromatic rings. The summed E-state index contributed by atoms with van der Waals surface area (Å²) in [5.41, 5.74) is 5.97. The van der Waals surface area contributed by atoms with E-state index in [4.69, 9.17) is 10.8 Å². The number of carbonyl (C=O) groups is 7. The quantitative estimate of drug-likeness (QED) is 0.0682. The number of hydrogen-bond donors (Lipinski definition) is 10. The monoisotopic (exact) mass is 723 g/mol. The Balaban J connectivity index is 1.77. The number of carboxylic acids is 1. The molecule has 0 radical (unpaired) electrons. The van der Waals surface area contributed by atoms with Gasteiger partial charge in [-0.05, 0) is 38.0 Å². The number of H-pyrrole nitrogens is 1. The van der Waals surface area contributed by atoms with Gasteiger partial charge in [0.25, 0.3) is 0 Å². The van der Waals surface area contributed by atoms with Gasteiger partial charge >= 0.3 is 5.97 Å². The van der Waals surface area contributed by atoms with E-state index in [2.05, 4.69) is 31.2 Å². The largest absolute Gasteiger partial charge is 0.480 e. The summed E-state index contributed by atoms with van der Waals surface area (Å²) >= 11 is 0. The zero-order chi connectivity index (χ0) is 37.8. The molecule has 2 aliphatic heterocycles. The summed E-state index contributed by atoms with van der Waals surface area (Å²) in [6.45, 7) is 1.57. The fraction of sp³-hybridized carbons (Fsp3) is 0.677. The van der Waals surface area contributed by atoms with Gasteiger partial charge in [-0.2, -0.15) is 0 Å². The van der Waals surface area contributed by atoms with Gasteiger partial charge in [0.05, 0.1) is 26.1 Å². The maximum atomic E-state index is 14.0. The van der Waals surface area contributed by atoms with Crippen LogP contribution in [0.3, 0.4) is 0 Å². The van der Waals surface area contributed by atoms with Crippen LogP contribution in [0.5, 0.6) is 0 Å². The fourth-order valence-electron chi connectivity index (χ4n) is 6.05. The minimum atomic E-state index is -1.57. The Morgan fingerprint density at radius 2 is 1.41 bits per heavy atom. The van der Waals surface area contributed by atoms with Gasteiger partial charge in [-0.15, -0.1) is 0 Å². The number of nitrogens with two attached hydrogens (primary N) is 1. The van der Waals surface area contributed by atoms with Crippen molar-refractivity contribution in [2.75, 3.05) is 32.9 Å². The molecule has 0 saturated carbocycles. The third-order valence-electron chi connectivity index (χ3n) is 8.74. The third kappa shape index (κ3) is 10.9. The minimum Gasteiger partial charge on any atom is -0.480 e. The predicted octanol–water partition coefficient (Wildman–Crippen LogP) is -4.69. The first-order valence-electron chi connectivity index (χ1n) is 16.8. The van der Waals surface area contributed by atoms with Gasteiger partial charge in [-0.1, -0.05) is 13.8 Å². The van der Waals surface area contributed by atoms with E-state index in [9.17, 15) is 48.9 Å². The molecule has 0 aliphatic carbocycles. The van der Waals surface area contributed by atoms with Gasteiger partial charge in [0, 0.05) is 31.4 Å². The Morgan fingerprint density at radius 3 is 1.98 bits per heavy atom. The first-order valence-corrected chi connectivity index (χ1v) is 16.8. The molecule has 284 valence electrons. The summed E-state index contributed by atoms with van der Waals surface area (Å²) in [6.07, 6.45) is 4.33. The maximum absolute atomic E-state index is 14.0. The molecular weight excluding hydrogens is 674 g/mol. The van der Waals surface area contributed by atoms with E-state index in [0.29, 0.717) is 18.5 Å². The second kappa shape index (κ2) is 19.1. The van der Waals surface area contributed by atoms with Crippen LogP contribution in [0, 0.1) is 5.92 Å². The van der Waals surface area contributed by atoms with Crippen molar-refractivity contribution in [3.05, 3.63) is 18.2 Å². The number of hydrogen-bond acceptors (Lipinski definition) is 12. The normalized spacial score (nSPS) is 20.2. The van der Waals surface area contributed by atoms with Crippen LogP contribution in [0.4, 0.5) is 0 Å². The highest BCUT2D eigenvalue weighted by molar-refractivity contribution is 5.97. The zero-order valence-corrected chi connectivity index (χ0v) is 28.6. The molecule has 20 nitrogen and oxygen atoms in total. The topological polar surface area (TPSA) is 310 Å². The standard InChI is InChI=1S/C31H49N9O11/c1-16(2)9-19(26(45)38-22(14-43)31(50)51)35-28(47)23-5-3-7-39(23)30(49)24-6-4-8-40(24)29(48)20(10-17-11-33-15-34-17)36-27(46)21(13-42)37-25(44)18(32)12-41/h11,15-16,18-24,41-43H,3-10,12-14,32H2,1-2H3,(H,33,34)(H,35,47)(H,36,46)(H,37,44)(H,38,45)(H,50,51)/t18-,19-,20-,21-,22-,23-,24-/m0/s1. The average Bonchev–Trinajstić information content (AvgIpc) is 3.90. The molecule has 0 spiro atoms. The molecule has 6 amide bonds. The number of aliphatic hydroxyl groups is 3. The van der Waals surface area contributed by atoms with Crippen LogP contribution < -0.4 is 27.0 Å². The van der Waals surface area contributed by atoms with E-state index in [-0.39, 0.29) is 44.7 Å². The number of nitrogens with zero attached hydrogens (tertiary/aromatic N) is 3. The highest BCUT2D eigenvalue weighted by Gasteiger charge is 2.44. The SMILES string of the molecule is CC(C)C[C@H](NC(=O)[C@@H]1CCCN1C(=O)[C@@H]1CCCN1C(=O)[C@H](Cc1cnc[nH]1)NC(=O)[C@H](CO)NC(=O)[C@@H](N)CO)C(=O)N[C@@H](CO)C(=O)O. The molecule has 11 N–H and O–H groups in total. The molecule has 0 aromatic carbocycles. The number of nitrogens with one attached hydrogen (secondary N) is 5. The van der Waals surface area contributed by atoms with Crippen LogP contribution >= 0.6 is 0 Å². The van der Waals surface area contributed by atoms with Gasteiger partial charge in [0.15, 0.2) is 0 Å². The van der Waals surface area contributed by atoms with Crippen LogP contribution in [0.25, 0.3) is 0 Å². The number of aromatic amines is 1. The lowest BCUT2D eigenvalue weighted by Gasteiger charge is -2.33. The molecule has 51 heavy (non-hydrogen) atoms. The predicted molar refractivity (Wildman–Crippen MR) is 176 cm³/mol. The second-order valence-electron chi connectivity index (χ2n) is 13.0. The summed E-state index contributed by atoms with van der Waals surface area (Å²) in [5, 5.41) is 47.1. The van der Waals surface area contributed by atoms with Gasteiger partial charge in [0.1, 0.15) is 42.3 Å². The Morgan fingerprint density at radius 1 is 0.824 bits per heavy atom. The van der Waals surface area contributed by atoms with E-state index >= 15 is 0 Å². The average molecular weight is 724 g/mol. The van der Waals surface area contributed by atoms with Gasteiger partial charge in [-0.25, -0.2) is 9.78 Å². The van der Waals surface area contributed by atoms with Crippen LogP contribution in [-0.2, 0) is 40.0 Å². The van der Waals surface area contributed by atoms with E-state index in [0.717, 1.165) is 0 Å². The number of imidazole rings is 1. The van der Waals surface area contributed by atoms with E-state index in [1.165, 1.54) is 22.3 Å². The van der Waals surface area contributed by atoms with Crippen molar-refractivity contribution < 1.29 is 54.0 Å². The van der Waals surface area contributed by atoms with Crippen molar-refractivity contribution in [2.24, 2.45) is 11.7 Å². The summed E-state index contributed by atoms with van der Waals surface area (Å²) in [6, 6.07) is -8.82. The number of amides is 6. The molecule has 7 atom stereocenters. The molecule has 1 aromatic heterocycles. The minimum absolute atomic E-state index is 0.0860. The summed E-state index contributed by atoms with van der Waals surface area (Å²) in [7, 11) is 0. The molecule has 3 rings (SSSR count). The van der Waals surface area contributed by atoms with Gasteiger partial charge in [-0.3, -0.25) is 28.8 Å². The second-order valence-corrected chi connectivity index (χ2v) is 13.0. The van der Waals surface area contributed by atoms with Crippen LogP contribution in [0.2, 0.25) is 0 Å². The van der Waals surface area contributed by atoms with Crippen molar-refractivity contribution >= 4 is 41.4 Å². The van der Waals surface area contributed by atoms with Crippen LogP contribution in [-0.4, -0.2) is 157 Å². The number of aliphatic carboxylic acids is 1. The first kappa shape index (κ1) is 40.8. The zero-order valence-electron chi connectivity index (χ0n) is 28.6. The van der Waals surface area contributed by atoms with E-state index in [1.807, 2.05) is 0 Å². The van der Waals surface area contributed by atoms with E-state index in [1.54, 1.807) is 13.8 Å². The molecule has 2 aliphatic rings. The van der Waals surface area contributed by atoms with Crippen molar-refractivity contribution in [2.45, 2.75) is 94.7 Å². The molecule has 3 heterocycles. The fourth-order valence-corrected chi connectivity index (χ4v) is 6.05. The van der Waals surface area contributed by atoms with Crippen LogP contribution in [0.1, 0.15) is 51.6 Å². The first-order chi connectivity index (χ1) is 24.2. The summed E-state index contributed by atoms with van der Waals surface area (Å²) in [5.74, 6) is -5.91. The lowest BCUT2D eigenvalue weighted by molar-refractivity contribution is -0.148. The number of aromatic nitrogens is 2. The lowest BCUT2D eigenvalue weighted by atomic mass is 10.0. The number of carboxylic acid groups (broad SMARTS) is 1. The molecule has 0 bridgehead atoms. The van der Waals surface area contributed by atoms with Gasteiger partial charge in [0.2, 0.25) is 35.4 Å². The Hall–Kier alpha value is -4.66. The summed E-state index contributed by atoms with van der Waals surface area (Å²) in [4.78, 5) is 101. The number of likely N-dealkylation sites (tertiary alicyclic amines) is 2. The smallest absolute Gasteiger partial charge is 0.328 e. The molecule has 2 saturated heterocycles.